The Labute approximate surface area is 112 Å². The van der Waals surface area contributed by atoms with Gasteiger partial charge < -0.3 is 14.9 Å². The van der Waals surface area contributed by atoms with E-state index in [0.29, 0.717) is 6.54 Å². The maximum atomic E-state index is 12.2. The molecule has 0 aliphatic rings. The summed E-state index contributed by atoms with van der Waals surface area (Å²) in [5.41, 5.74) is 0.949. The van der Waals surface area contributed by atoms with Crippen LogP contribution in [0.4, 0.5) is 4.79 Å². The molecule has 1 heterocycles. The highest BCUT2D eigenvalue weighted by Crippen LogP contribution is 2.07. The molecule has 0 radical (unpaired) electrons. The van der Waals surface area contributed by atoms with Crippen LogP contribution in [0.3, 0.4) is 0 Å². The number of amides is 2. The van der Waals surface area contributed by atoms with Crippen LogP contribution in [0.15, 0.2) is 24.5 Å². The maximum absolute atomic E-state index is 12.2. The van der Waals surface area contributed by atoms with Crippen molar-refractivity contribution in [3.63, 3.8) is 0 Å². The fourth-order valence-electron chi connectivity index (χ4n) is 1.67. The van der Waals surface area contributed by atoms with Crippen LogP contribution in [0.25, 0.3) is 0 Å². The number of carboxylic acid groups (broad SMARTS) is 1. The Morgan fingerprint density at radius 2 is 1.89 bits per heavy atom. The van der Waals surface area contributed by atoms with E-state index < -0.39 is 5.97 Å². The second-order valence-electron chi connectivity index (χ2n) is 4.61. The van der Waals surface area contributed by atoms with Gasteiger partial charge in [-0.15, -0.1) is 0 Å². The van der Waals surface area contributed by atoms with Crippen LogP contribution in [0.5, 0.6) is 0 Å². The molecule has 2 amide bonds. The van der Waals surface area contributed by atoms with Crippen molar-refractivity contribution in [2.24, 2.45) is 0 Å². The van der Waals surface area contributed by atoms with Crippen LogP contribution in [0, 0.1) is 0 Å². The van der Waals surface area contributed by atoms with E-state index in [4.69, 9.17) is 5.11 Å². The van der Waals surface area contributed by atoms with Crippen molar-refractivity contribution in [3.8, 4) is 0 Å². The van der Waals surface area contributed by atoms with E-state index in [-0.39, 0.29) is 18.6 Å². The first-order valence-electron chi connectivity index (χ1n) is 6.04. The van der Waals surface area contributed by atoms with Gasteiger partial charge in [-0.2, -0.15) is 0 Å². The zero-order valence-electron chi connectivity index (χ0n) is 11.4. The number of rotatable bonds is 5. The molecule has 104 valence electrons. The summed E-state index contributed by atoms with van der Waals surface area (Å²) >= 11 is 0. The van der Waals surface area contributed by atoms with Gasteiger partial charge in [-0.3, -0.25) is 9.78 Å². The standard InChI is InChI=1S/C13H19N3O3/c1-10(2)16(9-12(17)18)13(19)15(3)8-11-4-6-14-7-5-11/h4-7,10H,8-9H2,1-3H3,(H,17,18). The first kappa shape index (κ1) is 14.9. The highest BCUT2D eigenvalue weighted by molar-refractivity contribution is 5.80. The zero-order chi connectivity index (χ0) is 14.4. The monoisotopic (exact) mass is 265 g/mol. The summed E-state index contributed by atoms with van der Waals surface area (Å²) in [7, 11) is 1.65. The number of urea groups is 1. The Morgan fingerprint density at radius 1 is 1.32 bits per heavy atom. The van der Waals surface area contributed by atoms with E-state index >= 15 is 0 Å². The van der Waals surface area contributed by atoms with Crippen molar-refractivity contribution in [2.75, 3.05) is 13.6 Å². The molecule has 0 spiro atoms. The van der Waals surface area contributed by atoms with Crippen LogP contribution in [-0.2, 0) is 11.3 Å². The summed E-state index contributed by atoms with van der Waals surface area (Å²) in [4.78, 5) is 29.7. The highest BCUT2D eigenvalue weighted by Gasteiger charge is 2.22. The van der Waals surface area contributed by atoms with Crippen LogP contribution in [0.2, 0.25) is 0 Å². The van der Waals surface area contributed by atoms with Crippen LogP contribution in [0.1, 0.15) is 19.4 Å². The molecule has 1 rings (SSSR count). The van der Waals surface area contributed by atoms with Crippen molar-refractivity contribution in [1.82, 2.24) is 14.8 Å². The van der Waals surface area contributed by atoms with E-state index in [2.05, 4.69) is 4.98 Å². The summed E-state index contributed by atoms with van der Waals surface area (Å²) in [6.45, 7) is 3.71. The summed E-state index contributed by atoms with van der Waals surface area (Å²) < 4.78 is 0. The second-order valence-corrected chi connectivity index (χ2v) is 4.61. The predicted molar refractivity (Wildman–Crippen MR) is 70.6 cm³/mol. The van der Waals surface area contributed by atoms with Crippen LogP contribution >= 0.6 is 0 Å². The lowest BCUT2D eigenvalue weighted by Gasteiger charge is -2.30. The smallest absolute Gasteiger partial charge is 0.323 e. The molecule has 1 aromatic heterocycles. The molecule has 19 heavy (non-hydrogen) atoms. The molecule has 6 heteroatoms. The molecular weight excluding hydrogens is 246 g/mol. The third-order valence-electron chi connectivity index (χ3n) is 2.67. The maximum Gasteiger partial charge on any atom is 0.323 e. The minimum Gasteiger partial charge on any atom is -0.480 e. The molecule has 0 aliphatic heterocycles. The van der Waals surface area contributed by atoms with Gasteiger partial charge in [0.05, 0.1) is 0 Å². The Bertz CT molecular complexity index is 434. The predicted octanol–water partition coefficient (Wildman–Crippen LogP) is 1.43. The third kappa shape index (κ3) is 4.57. The van der Waals surface area contributed by atoms with Crippen molar-refractivity contribution >= 4 is 12.0 Å². The first-order valence-corrected chi connectivity index (χ1v) is 6.04. The third-order valence-corrected chi connectivity index (χ3v) is 2.67. The lowest BCUT2D eigenvalue weighted by Crippen LogP contribution is -2.46. The Morgan fingerprint density at radius 3 is 2.37 bits per heavy atom. The van der Waals surface area contributed by atoms with Gasteiger partial charge in [0.15, 0.2) is 0 Å². The molecule has 0 saturated carbocycles. The fraction of sp³-hybridized carbons (Fsp3) is 0.462. The molecule has 0 atom stereocenters. The summed E-state index contributed by atoms with van der Waals surface area (Å²) in [5.74, 6) is -1.01. The topological polar surface area (TPSA) is 73.7 Å². The minimum atomic E-state index is -1.01. The molecular formula is C13H19N3O3. The molecule has 6 nitrogen and oxygen atoms in total. The van der Waals surface area contributed by atoms with Crippen molar-refractivity contribution in [1.29, 1.82) is 0 Å². The Kier molecular flexibility index (Phi) is 5.29. The second kappa shape index (κ2) is 6.72. The first-order chi connectivity index (χ1) is 8.91. The summed E-state index contributed by atoms with van der Waals surface area (Å²) in [5, 5.41) is 8.83. The van der Waals surface area contributed by atoms with Gasteiger partial charge >= 0.3 is 12.0 Å². The van der Waals surface area contributed by atoms with Crippen molar-refractivity contribution in [2.45, 2.75) is 26.4 Å². The number of nitrogens with zero attached hydrogens (tertiary/aromatic N) is 3. The summed E-state index contributed by atoms with van der Waals surface area (Å²) in [6, 6.07) is 3.18. The van der Waals surface area contributed by atoms with Gasteiger partial charge in [-0.25, -0.2) is 4.79 Å². The molecule has 0 bridgehead atoms. The number of aromatic nitrogens is 1. The fourth-order valence-corrected chi connectivity index (χ4v) is 1.67. The molecule has 0 fully saturated rings. The quantitative estimate of drug-likeness (QED) is 0.874. The largest absolute Gasteiger partial charge is 0.480 e. The highest BCUT2D eigenvalue weighted by atomic mass is 16.4. The number of carboxylic acids is 1. The number of aliphatic carboxylic acids is 1. The lowest BCUT2D eigenvalue weighted by atomic mass is 10.2. The SMILES string of the molecule is CC(C)N(CC(=O)O)C(=O)N(C)Cc1ccncc1. The van der Waals surface area contributed by atoms with Gasteiger partial charge in [0.25, 0.3) is 0 Å². The van der Waals surface area contributed by atoms with E-state index in [1.165, 1.54) is 9.80 Å². The molecule has 0 aromatic carbocycles. The number of carbonyl (C=O) groups is 2. The van der Waals surface area contributed by atoms with Crippen molar-refractivity contribution < 1.29 is 14.7 Å². The van der Waals surface area contributed by atoms with Gasteiger partial charge in [0, 0.05) is 32.0 Å². The normalized spacial score (nSPS) is 10.3. The Hall–Kier alpha value is -2.11. The zero-order valence-corrected chi connectivity index (χ0v) is 11.4. The van der Waals surface area contributed by atoms with Crippen LogP contribution in [-0.4, -0.2) is 51.5 Å². The average molecular weight is 265 g/mol. The van der Waals surface area contributed by atoms with Gasteiger partial charge in [0.1, 0.15) is 6.54 Å². The number of hydrogen-bond acceptors (Lipinski definition) is 3. The molecule has 0 saturated heterocycles. The van der Waals surface area contributed by atoms with Gasteiger partial charge in [-0.1, -0.05) is 0 Å². The van der Waals surface area contributed by atoms with Crippen LogP contribution < -0.4 is 0 Å². The van der Waals surface area contributed by atoms with E-state index in [0.717, 1.165) is 5.56 Å². The van der Waals surface area contributed by atoms with Gasteiger partial charge in [0.2, 0.25) is 0 Å². The summed E-state index contributed by atoms with van der Waals surface area (Å²) in [6.07, 6.45) is 3.32. The van der Waals surface area contributed by atoms with Gasteiger partial charge in [-0.05, 0) is 31.5 Å². The average Bonchev–Trinajstić information content (AvgIpc) is 2.35. The van der Waals surface area contributed by atoms with E-state index in [1.807, 2.05) is 12.1 Å². The molecule has 1 N–H and O–H groups in total. The van der Waals surface area contributed by atoms with E-state index in [9.17, 15) is 9.59 Å². The minimum absolute atomic E-state index is 0.163. The molecule has 0 aliphatic carbocycles. The lowest BCUT2D eigenvalue weighted by molar-refractivity contribution is -0.138. The molecule has 1 aromatic rings. The Balaban J connectivity index is 2.71. The van der Waals surface area contributed by atoms with Crippen molar-refractivity contribution in [3.05, 3.63) is 30.1 Å². The number of hydrogen-bond donors (Lipinski definition) is 1. The number of carbonyl (C=O) groups excluding carboxylic acids is 1. The molecule has 0 unspecified atom stereocenters. The van der Waals surface area contributed by atoms with E-state index in [1.54, 1.807) is 33.3 Å². The number of pyridine rings is 1.